The van der Waals surface area contributed by atoms with Gasteiger partial charge in [-0.05, 0) is 24.3 Å². The van der Waals surface area contributed by atoms with Crippen molar-refractivity contribution in [1.29, 1.82) is 0 Å². The molecule has 0 spiro atoms. The molecule has 21 heavy (non-hydrogen) atoms. The Balaban J connectivity index is 2.40. The van der Waals surface area contributed by atoms with Crippen LogP contribution in [0, 0.1) is 5.82 Å². The fourth-order valence-corrected chi connectivity index (χ4v) is 2.35. The highest BCUT2D eigenvalue weighted by Crippen LogP contribution is 2.33. The Morgan fingerprint density at radius 1 is 1.29 bits per heavy atom. The van der Waals surface area contributed by atoms with Gasteiger partial charge in [0.25, 0.3) is 5.91 Å². The first kappa shape index (κ1) is 15.4. The maximum absolute atomic E-state index is 13.1. The van der Waals surface area contributed by atoms with Crippen LogP contribution in [0.5, 0.6) is 5.75 Å². The lowest BCUT2D eigenvalue weighted by Gasteiger charge is -2.13. The van der Waals surface area contributed by atoms with E-state index in [1.54, 1.807) is 18.2 Å². The van der Waals surface area contributed by atoms with Crippen LogP contribution in [-0.4, -0.2) is 13.0 Å². The number of carbonyl (C=O) groups is 1. The van der Waals surface area contributed by atoms with E-state index in [4.69, 9.17) is 33.7 Å². The second-order valence-electron chi connectivity index (χ2n) is 4.12. The number of benzene rings is 2. The van der Waals surface area contributed by atoms with E-state index in [2.05, 4.69) is 5.32 Å². The summed E-state index contributed by atoms with van der Waals surface area (Å²) in [6.07, 6.45) is 0. The SMILES string of the molecule is COc1cccc(N)c1C(=O)Nc1c(Cl)cc(F)cc1Cl. The van der Waals surface area contributed by atoms with Crippen molar-refractivity contribution in [3.8, 4) is 5.75 Å². The number of nitrogens with one attached hydrogen (secondary N) is 1. The summed E-state index contributed by atoms with van der Waals surface area (Å²) in [4.78, 5) is 12.3. The van der Waals surface area contributed by atoms with Crippen molar-refractivity contribution in [3.05, 3.63) is 51.8 Å². The predicted molar refractivity (Wildman–Crippen MR) is 81.8 cm³/mol. The van der Waals surface area contributed by atoms with E-state index in [0.717, 1.165) is 12.1 Å². The lowest BCUT2D eigenvalue weighted by molar-refractivity contribution is 0.102. The molecule has 2 aromatic carbocycles. The highest BCUT2D eigenvalue weighted by Gasteiger charge is 2.18. The van der Waals surface area contributed by atoms with Crippen molar-refractivity contribution in [2.45, 2.75) is 0 Å². The Bertz CT molecular complexity index is 684. The van der Waals surface area contributed by atoms with Gasteiger partial charge < -0.3 is 15.8 Å². The minimum atomic E-state index is -0.597. The first-order valence-electron chi connectivity index (χ1n) is 5.82. The van der Waals surface area contributed by atoms with Gasteiger partial charge in [-0.2, -0.15) is 0 Å². The Kier molecular flexibility index (Phi) is 4.55. The molecule has 0 atom stereocenters. The highest BCUT2D eigenvalue weighted by molar-refractivity contribution is 6.40. The van der Waals surface area contributed by atoms with Crippen LogP contribution in [0.25, 0.3) is 0 Å². The fraction of sp³-hybridized carbons (Fsp3) is 0.0714. The van der Waals surface area contributed by atoms with Crippen molar-refractivity contribution in [2.24, 2.45) is 0 Å². The summed E-state index contributed by atoms with van der Waals surface area (Å²) in [5, 5.41) is 2.48. The quantitative estimate of drug-likeness (QED) is 0.837. The van der Waals surface area contributed by atoms with E-state index < -0.39 is 11.7 Å². The average Bonchev–Trinajstić information content (AvgIpc) is 2.42. The summed E-state index contributed by atoms with van der Waals surface area (Å²) in [7, 11) is 1.42. The van der Waals surface area contributed by atoms with Crippen LogP contribution in [0.15, 0.2) is 30.3 Å². The molecule has 7 heteroatoms. The average molecular weight is 329 g/mol. The molecule has 4 nitrogen and oxygen atoms in total. The maximum Gasteiger partial charge on any atom is 0.261 e. The normalized spacial score (nSPS) is 10.3. The van der Waals surface area contributed by atoms with E-state index in [1.165, 1.54) is 7.11 Å². The van der Waals surface area contributed by atoms with E-state index in [1.807, 2.05) is 0 Å². The molecule has 0 heterocycles. The first-order chi connectivity index (χ1) is 9.93. The molecule has 1 amide bonds. The predicted octanol–water partition coefficient (Wildman–Crippen LogP) is 3.98. The Morgan fingerprint density at radius 3 is 2.48 bits per heavy atom. The van der Waals surface area contributed by atoms with Gasteiger partial charge in [0.05, 0.1) is 22.8 Å². The largest absolute Gasteiger partial charge is 0.496 e. The number of nitrogens with two attached hydrogens (primary N) is 1. The number of rotatable bonds is 3. The van der Waals surface area contributed by atoms with Crippen LogP contribution in [0.2, 0.25) is 10.0 Å². The number of amides is 1. The minimum Gasteiger partial charge on any atom is -0.496 e. The molecular weight excluding hydrogens is 318 g/mol. The van der Waals surface area contributed by atoms with Crippen LogP contribution in [0.3, 0.4) is 0 Å². The molecule has 0 radical (unpaired) electrons. The van der Waals surface area contributed by atoms with Gasteiger partial charge in [0.2, 0.25) is 0 Å². The molecule has 0 aliphatic heterocycles. The zero-order chi connectivity index (χ0) is 15.6. The summed E-state index contributed by atoms with van der Waals surface area (Å²) in [5.74, 6) is -0.845. The standard InChI is InChI=1S/C14H11Cl2FN2O2/c1-21-11-4-2-3-10(18)12(11)14(20)19-13-8(15)5-7(17)6-9(13)16/h2-6H,18H2,1H3,(H,19,20). The Labute approximate surface area is 130 Å². The van der Waals surface area contributed by atoms with Crippen molar-refractivity contribution >= 4 is 40.5 Å². The molecule has 0 saturated heterocycles. The van der Waals surface area contributed by atoms with Crippen LogP contribution < -0.4 is 15.8 Å². The number of methoxy groups -OCH3 is 1. The highest BCUT2D eigenvalue weighted by atomic mass is 35.5. The fourth-order valence-electron chi connectivity index (χ4n) is 1.80. The second kappa shape index (κ2) is 6.20. The Hall–Kier alpha value is -1.98. The number of anilines is 2. The monoisotopic (exact) mass is 328 g/mol. The number of ether oxygens (including phenoxy) is 1. The van der Waals surface area contributed by atoms with Gasteiger partial charge in [-0.1, -0.05) is 29.3 Å². The van der Waals surface area contributed by atoms with Crippen LogP contribution in [-0.2, 0) is 0 Å². The summed E-state index contributed by atoms with van der Waals surface area (Å²) in [5.41, 5.74) is 6.28. The summed E-state index contributed by atoms with van der Waals surface area (Å²) < 4.78 is 18.2. The van der Waals surface area contributed by atoms with Gasteiger partial charge in [-0.25, -0.2) is 4.39 Å². The van der Waals surface area contributed by atoms with E-state index in [9.17, 15) is 9.18 Å². The smallest absolute Gasteiger partial charge is 0.261 e. The van der Waals surface area contributed by atoms with Gasteiger partial charge >= 0.3 is 0 Å². The third kappa shape index (κ3) is 3.20. The first-order valence-corrected chi connectivity index (χ1v) is 6.58. The topological polar surface area (TPSA) is 64.3 Å². The lowest BCUT2D eigenvalue weighted by atomic mass is 10.1. The van der Waals surface area contributed by atoms with Gasteiger partial charge in [-0.15, -0.1) is 0 Å². The minimum absolute atomic E-state index is 0.0122. The number of nitrogen functional groups attached to an aromatic ring is 1. The van der Waals surface area contributed by atoms with E-state index in [-0.39, 0.29) is 27.0 Å². The second-order valence-corrected chi connectivity index (χ2v) is 4.94. The number of halogens is 3. The zero-order valence-corrected chi connectivity index (χ0v) is 12.4. The van der Waals surface area contributed by atoms with E-state index >= 15 is 0 Å². The van der Waals surface area contributed by atoms with Crippen LogP contribution in [0.1, 0.15) is 10.4 Å². The molecule has 3 N–H and O–H groups in total. The summed E-state index contributed by atoms with van der Waals surface area (Å²) in [6.45, 7) is 0. The maximum atomic E-state index is 13.1. The van der Waals surface area contributed by atoms with Crippen molar-refractivity contribution in [2.75, 3.05) is 18.2 Å². The number of carbonyl (C=O) groups excluding carboxylic acids is 1. The molecule has 0 aromatic heterocycles. The van der Waals surface area contributed by atoms with Crippen molar-refractivity contribution in [1.82, 2.24) is 0 Å². The molecule has 0 bridgehead atoms. The Morgan fingerprint density at radius 2 is 1.90 bits per heavy atom. The van der Waals surface area contributed by atoms with Gasteiger partial charge in [0, 0.05) is 5.69 Å². The molecule has 0 fully saturated rings. The number of hydrogen-bond donors (Lipinski definition) is 2. The third-order valence-corrected chi connectivity index (χ3v) is 3.35. The summed E-state index contributed by atoms with van der Waals surface area (Å²) >= 11 is 11.8. The molecular formula is C14H11Cl2FN2O2. The molecule has 2 aromatic rings. The molecule has 0 aliphatic carbocycles. The van der Waals surface area contributed by atoms with Crippen molar-refractivity contribution < 1.29 is 13.9 Å². The van der Waals surface area contributed by atoms with Crippen LogP contribution >= 0.6 is 23.2 Å². The van der Waals surface area contributed by atoms with Crippen LogP contribution in [0.4, 0.5) is 15.8 Å². The van der Waals surface area contributed by atoms with Gasteiger partial charge in [0.1, 0.15) is 17.1 Å². The molecule has 110 valence electrons. The molecule has 2 rings (SSSR count). The van der Waals surface area contributed by atoms with E-state index in [0.29, 0.717) is 5.75 Å². The number of hydrogen-bond acceptors (Lipinski definition) is 3. The molecule has 0 unspecified atom stereocenters. The van der Waals surface area contributed by atoms with Gasteiger partial charge in [-0.3, -0.25) is 4.79 Å². The van der Waals surface area contributed by atoms with Crippen molar-refractivity contribution in [3.63, 3.8) is 0 Å². The molecule has 0 saturated carbocycles. The lowest BCUT2D eigenvalue weighted by Crippen LogP contribution is -2.16. The third-order valence-electron chi connectivity index (χ3n) is 2.75. The molecule has 0 aliphatic rings. The summed E-state index contributed by atoms with van der Waals surface area (Å²) in [6, 6.07) is 6.91. The van der Waals surface area contributed by atoms with Gasteiger partial charge in [0.15, 0.2) is 0 Å². The zero-order valence-electron chi connectivity index (χ0n) is 10.9.